The lowest BCUT2D eigenvalue weighted by Gasteiger charge is -2.26. The Hall–Kier alpha value is -1.36. The van der Waals surface area contributed by atoms with Crippen LogP contribution in [0.1, 0.15) is 80.9 Å². The highest BCUT2D eigenvalue weighted by molar-refractivity contribution is 5.95. The van der Waals surface area contributed by atoms with Gasteiger partial charge < -0.3 is 10.0 Å². The summed E-state index contributed by atoms with van der Waals surface area (Å²) in [5, 5.41) is 14.1. The van der Waals surface area contributed by atoms with Gasteiger partial charge in [0.15, 0.2) is 0 Å². The summed E-state index contributed by atoms with van der Waals surface area (Å²) in [6.45, 7) is 6.82. The van der Waals surface area contributed by atoms with E-state index in [2.05, 4.69) is 18.9 Å². The number of aromatic nitrogens is 2. The first-order chi connectivity index (χ1) is 10.5. The molecule has 1 aliphatic carbocycles. The fourth-order valence-corrected chi connectivity index (χ4v) is 3.61. The van der Waals surface area contributed by atoms with Gasteiger partial charge in [0.05, 0.1) is 23.6 Å². The summed E-state index contributed by atoms with van der Waals surface area (Å²) >= 11 is 0. The van der Waals surface area contributed by atoms with Crippen LogP contribution in [0.5, 0.6) is 0 Å². The number of hydrogen-bond donors (Lipinski definition) is 1. The van der Waals surface area contributed by atoms with E-state index in [1.165, 1.54) is 0 Å². The maximum Gasteiger partial charge on any atom is 0.257 e. The molecule has 0 spiro atoms. The Labute approximate surface area is 132 Å². The van der Waals surface area contributed by atoms with Gasteiger partial charge in [-0.2, -0.15) is 5.10 Å². The second kappa shape index (κ2) is 6.03. The fourth-order valence-electron chi connectivity index (χ4n) is 3.61. The quantitative estimate of drug-likeness (QED) is 0.910. The predicted molar refractivity (Wildman–Crippen MR) is 84.9 cm³/mol. The highest BCUT2D eigenvalue weighted by Gasteiger charge is 2.37. The van der Waals surface area contributed by atoms with Crippen molar-refractivity contribution in [2.24, 2.45) is 0 Å². The van der Waals surface area contributed by atoms with Crippen molar-refractivity contribution in [3.05, 3.63) is 17.5 Å². The van der Waals surface area contributed by atoms with E-state index >= 15 is 0 Å². The highest BCUT2D eigenvalue weighted by Crippen LogP contribution is 2.43. The van der Waals surface area contributed by atoms with Crippen molar-refractivity contribution in [2.75, 3.05) is 6.54 Å². The average molecular weight is 305 g/mol. The summed E-state index contributed by atoms with van der Waals surface area (Å²) < 4.78 is 2.02. The van der Waals surface area contributed by atoms with Gasteiger partial charge in [-0.15, -0.1) is 0 Å². The average Bonchev–Trinajstić information content (AvgIpc) is 3.02. The molecular formula is C17H27N3O2. The van der Waals surface area contributed by atoms with Crippen LogP contribution < -0.4 is 0 Å². The minimum absolute atomic E-state index is 0.108. The van der Waals surface area contributed by atoms with Crippen LogP contribution >= 0.6 is 0 Å². The maximum absolute atomic E-state index is 13.0. The molecule has 1 aromatic rings. The molecule has 2 heterocycles. The SMILES string of the molecule is CC(O)CC1CCCN1C(=O)c1cnn(C(C)C)c1C1CC1. The van der Waals surface area contributed by atoms with Crippen LogP contribution in [0, 0.1) is 0 Å². The number of likely N-dealkylation sites (tertiary alicyclic amines) is 1. The standard InChI is InChI=1S/C17H27N3O2/c1-11(2)20-16(13-6-7-13)15(10-18-20)17(22)19-8-4-5-14(19)9-12(3)21/h10-14,21H,4-9H2,1-3H3. The Morgan fingerprint density at radius 1 is 1.36 bits per heavy atom. The highest BCUT2D eigenvalue weighted by atomic mass is 16.3. The third-order valence-electron chi connectivity index (χ3n) is 4.77. The Balaban J connectivity index is 1.86. The van der Waals surface area contributed by atoms with Crippen molar-refractivity contribution in [1.29, 1.82) is 0 Å². The molecule has 1 aromatic heterocycles. The number of rotatable bonds is 5. The predicted octanol–water partition coefficient (Wildman–Crippen LogP) is 2.72. The second-order valence-electron chi connectivity index (χ2n) is 7.14. The minimum atomic E-state index is -0.361. The van der Waals surface area contributed by atoms with Crippen molar-refractivity contribution in [3.8, 4) is 0 Å². The van der Waals surface area contributed by atoms with E-state index in [1.54, 1.807) is 13.1 Å². The number of aliphatic hydroxyl groups is 1. The molecule has 22 heavy (non-hydrogen) atoms. The molecular weight excluding hydrogens is 278 g/mol. The Kier molecular flexibility index (Phi) is 4.26. The van der Waals surface area contributed by atoms with Crippen LogP contribution in [0.2, 0.25) is 0 Å². The molecule has 5 nitrogen and oxygen atoms in total. The molecule has 2 fully saturated rings. The molecule has 3 rings (SSSR count). The smallest absolute Gasteiger partial charge is 0.257 e. The lowest BCUT2D eigenvalue weighted by Crippen LogP contribution is -2.37. The van der Waals surface area contributed by atoms with Gasteiger partial charge in [0.2, 0.25) is 0 Å². The number of nitrogens with zero attached hydrogens (tertiary/aromatic N) is 3. The summed E-state index contributed by atoms with van der Waals surface area (Å²) in [4.78, 5) is 15.0. The molecule has 0 bridgehead atoms. The van der Waals surface area contributed by atoms with Gasteiger partial charge in [-0.3, -0.25) is 9.48 Å². The van der Waals surface area contributed by atoms with E-state index in [-0.39, 0.29) is 24.1 Å². The molecule has 0 radical (unpaired) electrons. The molecule has 2 aliphatic rings. The number of carbonyl (C=O) groups excluding carboxylic acids is 1. The molecule has 2 atom stereocenters. The van der Waals surface area contributed by atoms with Crippen LogP contribution in [0.25, 0.3) is 0 Å². The lowest BCUT2D eigenvalue weighted by atomic mass is 10.1. The zero-order valence-corrected chi connectivity index (χ0v) is 13.8. The largest absolute Gasteiger partial charge is 0.393 e. The van der Waals surface area contributed by atoms with Crippen LogP contribution in [0.4, 0.5) is 0 Å². The van der Waals surface area contributed by atoms with Crippen molar-refractivity contribution in [3.63, 3.8) is 0 Å². The summed E-state index contributed by atoms with van der Waals surface area (Å²) in [6, 6.07) is 0.450. The van der Waals surface area contributed by atoms with Crippen molar-refractivity contribution in [2.45, 2.75) is 77.0 Å². The first-order valence-corrected chi connectivity index (χ1v) is 8.55. The van der Waals surface area contributed by atoms with Crippen LogP contribution in [-0.4, -0.2) is 44.4 Å². The topological polar surface area (TPSA) is 58.4 Å². The van der Waals surface area contributed by atoms with Gasteiger partial charge in [0.25, 0.3) is 5.91 Å². The van der Waals surface area contributed by atoms with Gasteiger partial charge in [-0.25, -0.2) is 0 Å². The molecule has 2 unspecified atom stereocenters. The van der Waals surface area contributed by atoms with Crippen LogP contribution in [0.15, 0.2) is 6.20 Å². The first-order valence-electron chi connectivity index (χ1n) is 8.55. The summed E-state index contributed by atoms with van der Waals surface area (Å²) in [5.74, 6) is 0.610. The van der Waals surface area contributed by atoms with Crippen molar-refractivity contribution >= 4 is 5.91 Å². The maximum atomic E-state index is 13.0. The third-order valence-corrected chi connectivity index (χ3v) is 4.77. The van der Waals surface area contributed by atoms with Gasteiger partial charge in [0, 0.05) is 24.5 Å². The normalized spacial score (nSPS) is 23.3. The zero-order valence-electron chi connectivity index (χ0n) is 13.8. The summed E-state index contributed by atoms with van der Waals surface area (Å²) in [6.07, 6.45) is 6.41. The van der Waals surface area contributed by atoms with E-state index in [1.807, 2.05) is 9.58 Å². The first kappa shape index (κ1) is 15.5. The number of amides is 1. The number of hydrogen-bond acceptors (Lipinski definition) is 3. The second-order valence-corrected chi connectivity index (χ2v) is 7.14. The molecule has 5 heteroatoms. The molecule has 1 amide bonds. The fraction of sp³-hybridized carbons (Fsp3) is 0.765. The number of carbonyl (C=O) groups is 1. The van der Waals surface area contributed by atoms with E-state index in [0.29, 0.717) is 12.3 Å². The van der Waals surface area contributed by atoms with Crippen LogP contribution in [-0.2, 0) is 0 Å². The van der Waals surface area contributed by atoms with Gasteiger partial charge in [0.1, 0.15) is 0 Å². The summed E-state index contributed by atoms with van der Waals surface area (Å²) in [7, 11) is 0. The molecule has 122 valence electrons. The van der Waals surface area contributed by atoms with Crippen molar-refractivity contribution in [1.82, 2.24) is 14.7 Å². The van der Waals surface area contributed by atoms with Gasteiger partial charge >= 0.3 is 0 Å². The Morgan fingerprint density at radius 2 is 2.09 bits per heavy atom. The third kappa shape index (κ3) is 2.91. The van der Waals surface area contributed by atoms with E-state index in [9.17, 15) is 9.90 Å². The monoisotopic (exact) mass is 305 g/mol. The molecule has 1 saturated heterocycles. The van der Waals surface area contributed by atoms with Crippen molar-refractivity contribution < 1.29 is 9.90 Å². The molecule has 1 N–H and O–H groups in total. The Bertz CT molecular complexity index is 546. The van der Waals surface area contributed by atoms with Gasteiger partial charge in [-0.05, 0) is 52.9 Å². The number of aliphatic hydroxyl groups excluding tert-OH is 1. The molecule has 1 aliphatic heterocycles. The Morgan fingerprint density at radius 3 is 2.68 bits per heavy atom. The van der Waals surface area contributed by atoms with Crippen LogP contribution in [0.3, 0.4) is 0 Å². The lowest BCUT2D eigenvalue weighted by molar-refractivity contribution is 0.0680. The molecule has 1 saturated carbocycles. The van der Waals surface area contributed by atoms with E-state index in [0.717, 1.165) is 43.5 Å². The van der Waals surface area contributed by atoms with E-state index in [4.69, 9.17) is 0 Å². The van der Waals surface area contributed by atoms with Gasteiger partial charge in [-0.1, -0.05) is 0 Å². The zero-order chi connectivity index (χ0) is 15.9. The minimum Gasteiger partial charge on any atom is -0.393 e. The molecule has 0 aromatic carbocycles. The summed E-state index contributed by atoms with van der Waals surface area (Å²) in [5.41, 5.74) is 1.91. The van der Waals surface area contributed by atoms with E-state index < -0.39 is 0 Å².